The Morgan fingerprint density at radius 3 is 2.32 bits per heavy atom. The SMILES string of the molecule is C=C1C=CC2(C)C(=C1)CCC1C3(C)CC(C)[C@](CC)(C(=C)CCC)C3(C)CC(CN)C12C.CC. The molecule has 0 spiro atoms. The first-order valence-corrected chi connectivity index (χ1v) is 14.4. The van der Waals surface area contributed by atoms with Gasteiger partial charge >= 0.3 is 0 Å². The summed E-state index contributed by atoms with van der Waals surface area (Å²) < 4.78 is 0. The zero-order chi connectivity index (χ0) is 25.7. The van der Waals surface area contributed by atoms with Crippen LogP contribution >= 0.6 is 0 Å². The molecule has 0 radical (unpaired) electrons. The van der Waals surface area contributed by atoms with Crippen molar-refractivity contribution in [3.8, 4) is 0 Å². The third-order valence-corrected chi connectivity index (χ3v) is 12.3. The zero-order valence-electron chi connectivity index (χ0n) is 24.1. The van der Waals surface area contributed by atoms with Crippen LogP contribution in [0.2, 0.25) is 0 Å². The zero-order valence-corrected chi connectivity index (χ0v) is 24.1. The highest BCUT2D eigenvalue weighted by Gasteiger charge is 2.75. The minimum Gasteiger partial charge on any atom is -0.330 e. The molecular formula is C33H55N. The Kier molecular flexibility index (Phi) is 7.36. The molecule has 4 rings (SSSR count). The molecule has 3 saturated carbocycles. The van der Waals surface area contributed by atoms with Crippen molar-refractivity contribution in [2.24, 2.45) is 50.6 Å². The van der Waals surface area contributed by atoms with Crippen molar-refractivity contribution in [2.75, 3.05) is 6.54 Å². The van der Waals surface area contributed by atoms with Gasteiger partial charge in [0, 0.05) is 5.41 Å². The molecule has 0 saturated heterocycles. The lowest BCUT2D eigenvalue weighted by molar-refractivity contribution is -0.196. The van der Waals surface area contributed by atoms with Gasteiger partial charge < -0.3 is 5.73 Å². The first-order valence-electron chi connectivity index (χ1n) is 14.4. The predicted octanol–water partition coefficient (Wildman–Crippen LogP) is 9.27. The number of rotatable bonds is 5. The van der Waals surface area contributed by atoms with E-state index in [1.54, 1.807) is 5.57 Å². The van der Waals surface area contributed by atoms with Crippen LogP contribution in [0.1, 0.15) is 107 Å². The summed E-state index contributed by atoms with van der Waals surface area (Å²) in [4.78, 5) is 0. The molecule has 0 aromatic carbocycles. The van der Waals surface area contributed by atoms with Gasteiger partial charge in [-0.05, 0) is 90.1 Å². The number of allylic oxidation sites excluding steroid dienone is 6. The second kappa shape index (κ2) is 9.10. The van der Waals surface area contributed by atoms with Crippen LogP contribution in [-0.4, -0.2) is 6.54 Å². The molecule has 0 aromatic heterocycles. The Morgan fingerprint density at radius 1 is 1.12 bits per heavy atom. The first-order chi connectivity index (χ1) is 15.9. The third kappa shape index (κ3) is 3.07. The molecule has 7 unspecified atom stereocenters. The summed E-state index contributed by atoms with van der Waals surface area (Å²) in [6, 6.07) is 0. The fourth-order valence-electron chi connectivity index (χ4n) is 10.6. The van der Waals surface area contributed by atoms with Crippen LogP contribution in [0.15, 0.2) is 48.1 Å². The van der Waals surface area contributed by atoms with E-state index in [9.17, 15) is 0 Å². The van der Waals surface area contributed by atoms with Crippen molar-refractivity contribution in [1.82, 2.24) is 0 Å². The summed E-state index contributed by atoms with van der Waals surface area (Å²) in [6.07, 6.45) is 15.8. The highest BCUT2D eigenvalue weighted by Crippen LogP contribution is 2.82. The van der Waals surface area contributed by atoms with Gasteiger partial charge in [0.2, 0.25) is 0 Å². The van der Waals surface area contributed by atoms with Crippen LogP contribution in [-0.2, 0) is 0 Å². The Bertz CT molecular complexity index is 877. The average molecular weight is 466 g/mol. The molecule has 0 aromatic rings. The summed E-state index contributed by atoms with van der Waals surface area (Å²) in [5, 5.41) is 0. The molecule has 1 nitrogen and oxygen atoms in total. The van der Waals surface area contributed by atoms with E-state index in [1.165, 1.54) is 44.1 Å². The molecule has 0 heterocycles. The molecule has 1 heteroatoms. The quantitative estimate of drug-likeness (QED) is 0.402. The largest absolute Gasteiger partial charge is 0.330 e. The maximum Gasteiger partial charge on any atom is 0.0129 e. The van der Waals surface area contributed by atoms with Crippen LogP contribution in [0.4, 0.5) is 0 Å². The minimum absolute atomic E-state index is 0.0760. The molecule has 34 heavy (non-hydrogen) atoms. The van der Waals surface area contributed by atoms with Crippen LogP contribution in [0.5, 0.6) is 0 Å². The van der Waals surface area contributed by atoms with Gasteiger partial charge in [-0.3, -0.25) is 0 Å². The van der Waals surface area contributed by atoms with E-state index in [1.807, 2.05) is 13.8 Å². The molecule has 4 aliphatic rings. The summed E-state index contributed by atoms with van der Waals surface area (Å²) in [5.41, 5.74) is 12.0. The van der Waals surface area contributed by atoms with E-state index in [0.717, 1.165) is 18.5 Å². The summed E-state index contributed by atoms with van der Waals surface area (Å²) in [6.45, 7) is 31.6. The number of hydrogen-bond acceptors (Lipinski definition) is 1. The first kappa shape index (κ1) is 27.5. The monoisotopic (exact) mass is 465 g/mol. The van der Waals surface area contributed by atoms with Gasteiger partial charge in [0.1, 0.15) is 0 Å². The van der Waals surface area contributed by atoms with Crippen molar-refractivity contribution >= 4 is 0 Å². The van der Waals surface area contributed by atoms with Crippen molar-refractivity contribution < 1.29 is 0 Å². The lowest BCUT2D eigenvalue weighted by Crippen LogP contribution is -2.66. The topological polar surface area (TPSA) is 26.0 Å². The van der Waals surface area contributed by atoms with Crippen molar-refractivity contribution in [1.29, 1.82) is 0 Å². The van der Waals surface area contributed by atoms with Gasteiger partial charge in [0.25, 0.3) is 0 Å². The second-order valence-corrected chi connectivity index (χ2v) is 12.8. The Hall–Kier alpha value is -1.08. The highest BCUT2D eigenvalue weighted by molar-refractivity contribution is 5.46. The Labute approximate surface area is 212 Å². The van der Waals surface area contributed by atoms with E-state index in [4.69, 9.17) is 12.3 Å². The Balaban J connectivity index is 0.00000158. The number of hydrogen-bond donors (Lipinski definition) is 1. The van der Waals surface area contributed by atoms with E-state index in [0.29, 0.717) is 23.2 Å². The molecule has 0 bridgehead atoms. The van der Waals surface area contributed by atoms with E-state index in [-0.39, 0.29) is 21.7 Å². The minimum atomic E-state index is 0.0760. The Morgan fingerprint density at radius 2 is 1.76 bits per heavy atom. The molecule has 2 N–H and O–H groups in total. The van der Waals surface area contributed by atoms with Crippen LogP contribution < -0.4 is 5.73 Å². The smallest absolute Gasteiger partial charge is 0.0129 e. The average Bonchev–Trinajstić information content (AvgIpc) is 2.98. The summed E-state index contributed by atoms with van der Waals surface area (Å²) >= 11 is 0. The van der Waals surface area contributed by atoms with Crippen LogP contribution in [0.3, 0.4) is 0 Å². The summed E-state index contributed by atoms with van der Waals surface area (Å²) in [5.74, 6) is 1.86. The number of fused-ring (bicyclic) bond motifs is 5. The third-order valence-electron chi connectivity index (χ3n) is 12.3. The molecular weight excluding hydrogens is 410 g/mol. The van der Waals surface area contributed by atoms with Gasteiger partial charge in [-0.2, -0.15) is 0 Å². The van der Waals surface area contributed by atoms with Crippen LogP contribution in [0.25, 0.3) is 0 Å². The summed E-state index contributed by atoms with van der Waals surface area (Å²) in [7, 11) is 0. The molecule has 0 amide bonds. The van der Waals surface area contributed by atoms with Gasteiger partial charge in [0.05, 0.1) is 0 Å². The van der Waals surface area contributed by atoms with Crippen molar-refractivity contribution in [3.05, 3.63) is 48.1 Å². The molecule has 3 fully saturated rings. The fraction of sp³-hybridized carbons (Fsp3) is 0.758. The van der Waals surface area contributed by atoms with Gasteiger partial charge in [0.15, 0.2) is 0 Å². The van der Waals surface area contributed by atoms with E-state index >= 15 is 0 Å². The lowest BCUT2D eigenvalue weighted by atomic mass is 9.33. The molecule has 4 aliphatic carbocycles. The lowest BCUT2D eigenvalue weighted by Gasteiger charge is -2.71. The maximum atomic E-state index is 6.70. The van der Waals surface area contributed by atoms with Gasteiger partial charge in [-0.1, -0.05) is 111 Å². The molecule has 8 atom stereocenters. The molecule has 0 aliphatic heterocycles. The number of nitrogens with two attached hydrogens (primary N) is 1. The second-order valence-electron chi connectivity index (χ2n) is 12.8. The standard InChI is InChI=1S/C31H49N.C2H6/c1-10-12-22(4)31(11-2)23(5)18-28(7)26-14-13-24-17-21(3)15-16-27(24,6)30(26,9)25(20-32)19-29(28,31)8;1-2/h15-17,23,25-26H,3-4,10-14,18-20,32H2,1-2,5-9H3;1-2H3/t23?,25?,26?,27?,28?,29?,30?,31-;/m0./s1. The predicted molar refractivity (Wildman–Crippen MR) is 151 cm³/mol. The van der Waals surface area contributed by atoms with E-state index in [2.05, 4.69) is 73.3 Å². The maximum absolute atomic E-state index is 6.70. The molecule has 192 valence electrons. The van der Waals surface area contributed by atoms with Crippen LogP contribution in [0, 0.1) is 44.8 Å². The van der Waals surface area contributed by atoms with Crippen molar-refractivity contribution in [3.63, 3.8) is 0 Å². The fourth-order valence-corrected chi connectivity index (χ4v) is 10.6. The van der Waals surface area contributed by atoms with E-state index < -0.39 is 0 Å². The van der Waals surface area contributed by atoms with Gasteiger partial charge in [-0.15, -0.1) is 0 Å². The highest BCUT2D eigenvalue weighted by atomic mass is 14.8. The van der Waals surface area contributed by atoms with Crippen molar-refractivity contribution in [2.45, 2.75) is 107 Å². The normalized spacial score (nSPS) is 47.1. The van der Waals surface area contributed by atoms with Gasteiger partial charge in [-0.25, -0.2) is 0 Å².